The third-order valence-electron chi connectivity index (χ3n) is 9.03. The molecule has 1 saturated heterocycles. The zero-order chi connectivity index (χ0) is 29.8. The van der Waals surface area contributed by atoms with E-state index in [-0.39, 0.29) is 42.0 Å². The second-order valence-electron chi connectivity index (χ2n) is 12.1. The molecule has 3 N–H and O–H groups in total. The van der Waals surface area contributed by atoms with E-state index in [1.807, 2.05) is 38.7 Å². The van der Waals surface area contributed by atoms with Gasteiger partial charge in [0.2, 0.25) is 11.8 Å². The molecule has 1 saturated carbocycles. The van der Waals surface area contributed by atoms with Gasteiger partial charge in [0.25, 0.3) is 0 Å². The Balaban J connectivity index is 1.22. The van der Waals surface area contributed by atoms with Crippen molar-refractivity contribution in [3.63, 3.8) is 0 Å². The molecule has 2 atom stereocenters. The van der Waals surface area contributed by atoms with Crippen molar-refractivity contribution in [2.45, 2.75) is 76.7 Å². The first-order chi connectivity index (χ1) is 20.1. The van der Waals surface area contributed by atoms with Crippen molar-refractivity contribution in [3.05, 3.63) is 47.4 Å². The minimum absolute atomic E-state index is 0.0277. The molecule has 0 radical (unpaired) electrons. The second kappa shape index (κ2) is 10.8. The number of ether oxygens (including phenoxy) is 3. The van der Waals surface area contributed by atoms with Crippen LogP contribution in [-0.4, -0.2) is 69.7 Å². The summed E-state index contributed by atoms with van der Waals surface area (Å²) in [5.41, 5.74) is 7.89. The fourth-order valence-electron chi connectivity index (χ4n) is 5.75. The van der Waals surface area contributed by atoms with E-state index >= 15 is 0 Å². The van der Waals surface area contributed by atoms with Gasteiger partial charge in [-0.15, -0.1) is 0 Å². The Bertz CT molecular complexity index is 1530. The number of anilines is 2. The maximum Gasteiger partial charge on any atom is 0.340 e. The molecule has 222 valence electrons. The fraction of sp³-hybridized carbons (Fsp3) is 0.516. The van der Waals surface area contributed by atoms with Crippen LogP contribution in [0, 0.1) is 5.92 Å². The first-order valence-electron chi connectivity index (χ1n) is 14.6. The Morgan fingerprint density at radius 2 is 1.93 bits per heavy atom. The summed E-state index contributed by atoms with van der Waals surface area (Å²) in [6.45, 7) is 9.14. The minimum atomic E-state index is -0.652. The number of rotatable bonds is 8. The molecule has 0 bridgehead atoms. The highest BCUT2D eigenvalue weighted by Crippen LogP contribution is 2.39. The number of fused-ring (bicyclic) bond motifs is 2. The molecule has 3 aromatic heterocycles. The lowest BCUT2D eigenvalue weighted by Crippen LogP contribution is -2.58. The number of esters is 1. The lowest BCUT2D eigenvalue weighted by atomic mass is 9.80. The van der Waals surface area contributed by atoms with E-state index in [0.29, 0.717) is 54.7 Å². The van der Waals surface area contributed by atoms with E-state index in [1.54, 1.807) is 31.6 Å². The highest BCUT2D eigenvalue weighted by atomic mass is 16.6. The molecule has 5 heterocycles. The average Bonchev–Trinajstić information content (AvgIpc) is 2.92. The average molecular weight is 575 g/mol. The quantitative estimate of drug-likeness (QED) is 0.375. The SMILES string of the molecule is CC[C@H](N)c1cnc(OC2CC(C(=O)N3CC(OC)C3)C2)c2cnc(Nc3ccc4c(n3)[C@@H](C)C(C)(C)OC4=O)cc12. The zero-order valence-corrected chi connectivity index (χ0v) is 24.7. The van der Waals surface area contributed by atoms with Gasteiger partial charge in [0.15, 0.2) is 0 Å². The molecule has 6 rings (SSSR count). The summed E-state index contributed by atoms with van der Waals surface area (Å²) in [6.07, 6.45) is 5.63. The second-order valence-corrected chi connectivity index (χ2v) is 12.1. The summed E-state index contributed by atoms with van der Waals surface area (Å²) in [7, 11) is 1.68. The van der Waals surface area contributed by atoms with Gasteiger partial charge in [-0.2, -0.15) is 0 Å². The lowest BCUT2D eigenvalue weighted by Gasteiger charge is -2.43. The number of pyridine rings is 3. The summed E-state index contributed by atoms with van der Waals surface area (Å²) in [6, 6.07) is 5.21. The Kier molecular flexibility index (Phi) is 7.26. The predicted octanol–water partition coefficient (Wildman–Crippen LogP) is 4.25. The number of nitrogens with one attached hydrogen (secondary N) is 1. The highest BCUT2D eigenvalue weighted by Gasteiger charge is 2.42. The van der Waals surface area contributed by atoms with E-state index in [0.717, 1.165) is 22.8 Å². The molecule has 11 heteroatoms. The van der Waals surface area contributed by atoms with Gasteiger partial charge in [0.1, 0.15) is 23.3 Å². The Morgan fingerprint density at radius 3 is 2.64 bits per heavy atom. The molecule has 3 aromatic rings. The summed E-state index contributed by atoms with van der Waals surface area (Å²) < 4.78 is 17.2. The molecule has 11 nitrogen and oxygen atoms in total. The minimum Gasteiger partial charge on any atom is -0.474 e. The third-order valence-corrected chi connectivity index (χ3v) is 9.03. The van der Waals surface area contributed by atoms with Crippen LogP contribution in [0.1, 0.15) is 80.5 Å². The van der Waals surface area contributed by atoms with E-state index in [9.17, 15) is 9.59 Å². The van der Waals surface area contributed by atoms with Crippen LogP contribution in [0.4, 0.5) is 11.6 Å². The smallest absolute Gasteiger partial charge is 0.340 e. The number of hydrogen-bond acceptors (Lipinski definition) is 10. The van der Waals surface area contributed by atoms with Crippen LogP contribution >= 0.6 is 0 Å². The number of nitrogens with two attached hydrogens (primary N) is 1. The molecule has 42 heavy (non-hydrogen) atoms. The van der Waals surface area contributed by atoms with Gasteiger partial charge in [-0.1, -0.05) is 13.8 Å². The molecule has 0 spiro atoms. The van der Waals surface area contributed by atoms with Crippen LogP contribution in [0.15, 0.2) is 30.6 Å². The normalized spacial score (nSPS) is 23.8. The molecule has 2 fully saturated rings. The van der Waals surface area contributed by atoms with Crippen LogP contribution in [0.5, 0.6) is 5.88 Å². The molecule has 1 aliphatic carbocycles. The maximum absolute atomic E-state index is 12.7. The van der Waals surface area contributed by atoms with Gasteiger partial charge in [-0.3, -0.25) is 4.79 Å². The van der Waals surface area contributed by atoms with Crippen LogP contribution in [0.25, 0.3) is 10.8 Å². The number of carbonyl (C=O) groups is 2. The van der Waals surface area contributed by atoms with Gasteiger partial charge in [-0.05, 0) is 62.3 Å². The number of cyclic esters (lactones) is 1. The van der Waals surface area contributed by atoms with Crippen LogP contribution < -0.4 is 15.8 Å². The van der Waals surface area contributed by atoms with Gasteiger partial charge in [-0.25, -0.2) is 19.7 Å². The first kappa shape index (κ1) is 28.3. The summed E-state index contributed by atoms with van der Waals surface area (Å²) in [5, 5.41) is 4.95. The monoisotopic (exact) mass is 574 g/mol. The molecule has 2 aliphatic heterocycles. The van der Waals surface area contributed by atoms with Crippen molar-refractivity contribution >= 4 is 34.3 Å². The first-order valence-corrected chi connectivity index (χ1v) is 14.6. The van der Waals surface area contributed by atoms with Crippen molar-refractivity contribution in [3.8, 4) is 5.88 Å². The maximum atomic E-state index is 12.7. The standard InChI is InChI=1S/C31H38N6O5/c1-6-24(32)22-12-34-28(41-18-9-17(10-18)29(38)37-14-19(15-37)40-5)23-13-33-26(11-21(22)23)35-25-8-7-20-27(36-25)16(2)31(3,4)42-30(20)39/h7-8,11-13,16-19,24H,6,9-10,14-15,32H2,1-5H3,(H,33,35,36)/t16-,17?,18?,24+/m1/s1. The summed E-state index contributed by atoms with van der Waals surface area (Å²) in [5.74, 6) is 1.35. The summed E-state index contributed by atoms with van der Waals surface area (Å²) in [4.78, 5) is 41.1. The molecular weight excluding hydrogens is 536 g/mol. The van der Waals surface area contributed by atoms with Gasteiger partial charge in [0.05, 0.1) is 22.7 Å². The van der Waals surface area contributed by atoms with E-state index in [1.165, 1.54) is 0 Å². The van der Waals surface area contributed by atoms with E-state index in [4.69, 9.17) is 24.9 Å². The Hall–Kier alpha value is -3.83. The van der Waals surface area contributed by atoms with Crippen LogP contribution in [0.2, 0.25) is 0 Å². The van der Waals surface area contributed by atoms with E-state index in [2.05, 4.69) is 15.3 Å². The van der Waals surface area contributed by atoms with Crippen molar-refractivity contribution in [2.24, 2.45) is 11.7 Å². The van der Waals surface area contributed by atoms with Crippen molar-refractivity contribution < 1.29 is 23.8 Å². The molecule has 1 amide bonds. The van der Waals surface area contributed by atoms with Gasteiger partial charge < -0.3 is 30.2 Å². The molecule has 3 aliphatic rings. The van der Waals surface area contributed by atoms with Gasteiger partial charge in [0, 0.05) is 50.5 Å². The molecule has 0 aromatic carbocycles. The third kappa shape index (κ3) is 5.05. The van der Waals surface area contributed by atoms with Crippen molar-refractivity contribution in [2.75, 3.05) is 25.5 Å². The Labute approximate surface area is 245 Å². The lowest BCUT2D eigenvalue weighted by molar-refractivity contribution is -0.153. The molecule has 0 unspecified atom stereocenters. The highest BCUT2D eigenvalue weighted by molar-refractivity contribution is 5.93. The van der Waals surface area contributed by atoms with Crippen molar-refractivity contribution in [1.29, 1.82) is 0 Å². The number of amides is 1. The zero-order valence-electron chi connectivity index (χ0n) is 24.7. The largest absolute Gasteiger partial charge is 0.474 e. The fourth-order valence-corrected chi connectivity index (χ4v) is 5.75. The molecular formula is C31H38N6O5. The Morgan fingerprint density at radius 1 is 1.17 bits per heavy atom. The number of methoxy groups -OCH3 is 1. The van der Waals surface area contributed by atoms with Crippen LogP contribution in [-0.2, 0) is 14.3 Å². The number of nitrogens with zero attached hydrogens (tertiary/aromatic N) is 4. The number of likely N-dealkylation sites (tertiary alicyclic amines) is 1. The van der Waals surface area contributed by atoms with Crippen LogP contribution in [0.3, 0.4) is 0 Å². The van der Waals surface area contributed by atoms with Gasteiger partial charge >= 0.3 is 5.97 Å². The number of carbonyl (C=O) groups excluding carboxylic acids is 2. The number of hydrogen-bond donors (Lipinski definition) is 2. The summed E-state index contributed by atoms with van der Waals surface area (Å²) >= 11 is 0. The predicted molar refractivity (Wildman–Crippen MR) is 157 cm³/mol. The topological polar surface area (TPSA) is 142 Å². The van der Waals surface area contributed by atoms with Crippen molar-refractivity contribution in [1.82, 2.24) is 19.9 Å². The van der Waals surface area contributed by atoms with E-state index < -0.39 is 5.60 Å². The number of aromatic nitrogens is 3.